The van der Waals surface area contributed by atoms with Crippen LogP contribution in [0.15, 0.2) is 34.6 Å². The highest BCUT2D eigenvalue weighted by Gasteiger charge is 2.37. The number of carbonyl (C=O) groups excluding carboxylic acids is 1. The van der Waals surface area contributed by atoms with Crippen molar-refractivity contribution in [2.75, 3.05) is 25.8 Å². The second-order valence-corrected chi connectivity index (χ2v) is 6.95. The summed E-state index contributed by atoms with van der Waals surface area (Å²) < 4.78 is 12.6. The molecule has 1 atom stereocenters. The summed E-state index contributed by atoms with van der Waals surface area (Å²) in [5, 5.41) is 8.58. The molecule has 2 aromatic rings. The zero-order chi connectivity index (χ0) is 18.3. The molecule has 136 valence electrons. The summed E-state index contributed by atoms with van der Waals surface area (Å²) in [5.74, 6) is 2.10. The summed E-state index contributed by atoms with van der Waals surface area (Å²) in [6, 6.07) is 5.40. The van der Waals surface area contributed by atoms with Gasteiger partial charge in [0, 0.05) is 17.7 Å². The maximum absolute atomic E-state index is 12.8. The van der Waals surface area contributed by atoms with E-state index in [1.807, 2.05) is 24.5 Å². The first kappa shape index (κ1) is 17.0. The molecular formula is C18H20N4O3S. The number of ketones is 1. The minimum atomic E-state index is -0.317. The zero-order valence-corrected chi connectivity index (χ0v) is 15.7. The van der Waals surface area contributed by atoms with E-state index >= 15 is 0 Å². The average Bonchev–Trinajstić information content (AvgIpc) is 3.08. The molecule has 1 N–H and O–H groups in total. The van der Waals surface area contributed by atoms with Gasteiger partial charge in [0.15, 0.2) is 17.3 Å². The smallest absolute Gasteiger partial charge is 0.227 e. The lowest BCUT2D eigenvalue weighted by molar-refractivity contribution is -0.116. The summed E-state index contributed by atoms with van der Waals surface area (Å²) in [5.41, 5.74) is 2.65. The number of carbonyl (C=O) groups is 1. The van der Waals surface area contributed by atoms with Gasteiger partial charge in [-0.3, -0.25) is 4.79 Å². The Bertz CT molecular complexity index is 906. The number of allylic oxidation sites excluding steroid dienone is 2. The molecule has 7 nitrogen and oxygen atoms in total. The van der Waals surface area contributed by atoms with Crippen molar-refractivity contribution in [1.82, 2.24) is 14.8 Å². The van der Waals surface area contributed by atoms with Gasteiger partial charge in [0.05, 0.1) is 14.2 Å². The third-order valence-corrected chi connectivity index (χ3v) is 5.29. The Labute approximate surface area is 155 Å². The maximum Gasteiger partial charge on any atom is 0.227 e. The number of aromatic nitrogens is 3. The number of hydrogen-bond donors (Lipinski definition) is 1. The van der Waals surface area contributed by atoms with Gasteiger partial charge in [-0.15, -0.1) is 5.10 Å². The second kappa shape index (κ2) is 6.68. The van der Waals surface area contributed by atoms with Crippen LogP contribution < -0.4 is 14.8 Å². The number of nitrogens with zero attached hydrogens (tertiary/aromatic N) is 3. The summed E-state index contributed by atoms with van der Waals surface area (Å²) in [4.78, 5) is 17.3. The minimum Gasteiger partial charge on any atom is -0.493 e. The molecule has 0 saturated carbocycles. The highest BCUT2D eigenvalue weighted by molar-refractivity contribution is 7.98. The van der Waals surface area contributed by atoms with Gasteiger partial charge in [-0.25, -0.2) is 4.68 Å². The van der Waals surface area contributed by atoms with Crippen LogP contribution in [-0.4, -0.2) is 41.0 Å². The molecule has 0 spiro atoms. The number of hydrogen-bond acceptors (Lipinski definition) is 7. The second-order valence-electron chi connectivity index (χ2n) is 6.18. The van der Waals surface area contributed by atoms with Crippen molar-refractivity contribution in [2.45, 2.75) is 30.5 Å². The topological polar surface area (TPSA) is 78.3 Å². The van der Waals surface area contributed by atoms with Gasteiger partial charge in [-0.2, -0.15) is 4.98 Å². The average molecular weight is 372 g/mol. The summed E-state index contributed by atoms with van der Waals surface area (Å²) in [6.45, 7) is 0. The van der Waals surface area contributed by atoms with E-state index in [-0.39, 0.29) is 11.8 Å². The van der Waals surface area contributed by atoms with E-state index in [1.54, 1.807) is 18.9 Å². The number of methoxy groups -OCH3 is 2. The van der Waals surface area contributed by atoms with Crippen molar-refractivity contribution >= 4 is 23.5 Å². The van der Waals surface area contributed by atoms with Gasteiger partial charge >= 0.3 is 0 Å². The van der Waals surface area contributed by atoms with Gasteiger partial charge in [-0.1, -0.05) is 17.8 Å². The Kier molecular flexibility index (Phi) is 4.36. The monoisotopic (exact) mass is 372 g/mol. The normalized spacial score (nSPS) is 18.9. The number of thioether (sulfide) groups is 1. The van der Waals surface area contributed by atoms with Crippen LogP contribution in [0.2, 0.25) is 0 Å². The van der Waals surface area contributed by atoms with E-state index in [0.29, 0.717) is 29.0 Å². The lowest BCUT2D eigenvalue weighted by atomic mass is 9.85. The van der Waals surface area contributed by atoms with Crippen LogP contribution in [0.25, 0.3) is 0 Å². The van der Waals surface area contributed by atoms with Gasteiger partial charge < -0.3 is 14.8 Å². The first-order valence-electron chi connectivity index (χ1n) is 8.42. The number of nitrogens with one attached hydrogen (secondary N) is 1. The van der Waals surface area contributed by atoms with E-state index in [1.165, 1.54) is 11.8 Å². The number of Topliss-reactive ketones (excluding diaryl/α,β-unsaturated/α-hetero) is 1. The first-order valence-corrected chi connectivity index (χ1v) is 9.64. The first-order chi connectivity index (χ1) is 12.7. The predicted octanol–water partition coefficient (Wildman–Crippen LogP) is 3.04. The van der Waals surface area contributed by atoms with E-state index in [2.05, 4.69) is 15.4 Å². The van der Waals surface area contributed by atoms with Gasteiger partial charge in [0.2, 0.25) is 11.1 Å². The van der Waals surface area contributed by atoms with E-state index in [0.717, 1.165) is 29.7 Å². The van der Waals surface area contributed by atoms with Crippen LogP contribution in [0.1, 0.15) is 30.9 Å². The van der Waals surface area contributed by atoms with E-state index in [4.69, 9.17) is 9.47 Å². The Morgan fingerprint density at radius 3 is 2.77 bits per heavy atom. The SMILES string of the molecule is COc1ccc([C@@H]2C3=C(CCCC3=O)Nc3nc(SC)nn32)cc1OC. The van der Waals surface area contributed by atoms with Crippen molar-refractivity contribution in [3.8, 4) is 11.5 Å². The van der Waals surface area contributed by atoms with Crippen molar-refractivity contribution in [2.24, 2.45) is 0 Å². The molecule has 0 amide bonds. The summed E-state index contributed by atoms with van der Waals surface area (Å²) in [6.07, 6.45) is 4.19. The summed E-state index contributed by atoms with van der Waals surface area (Å²) >= 11 is 1.48. The molecule has 8 heteroatoms. The van der Waals surface area contributed by atoms with E-state index < -0.39 is 0 Å². The fraction of sp³-hybridized carbons (Fsp3) is 0.389. The molecule has 1 aromatic carbocycles. The maximum atomic E-state index is 12.8. The number of benzene rings is 1. The highest BCUT2D eigenvalue weighted by atomic mass is 32.2. The quantitative estimate of drug-likeness (QED) is 0.827. The summed E-state index contributed by atoms with van der Waals surface area (Å²) in [7, 11) is 3.21. The lowest BCUT2D eigenvalue weighted by Gasteiger charge is -2.32. The van der Waals surface area contributed by atoms with Crippen LogP contribution >= 0.6 is 11.8 Å². The van der Waals surface area contributed by atoms with Crippen molar-refractivity contribution in [3.05, 3.63) is 35.0 Å². The fourth-order valence-electron chi connectivity index (χ4n) is 3.55. The van der Waals surface area contributed by atoms with Gasteiger partial charge in [0.25, 0.3) is 0 Å². The van der Waals surface area contributed by atoms with Crippen LogP contribution in [0, 0.1) is 0 Å². The Hall–Kier alpha value is -2.48. The van der Waals surface area contributed by atoms with Gasteiger partial charge in [0.1, 0.15) is 6.04 Å². The van der Waals surface area contributed by atoms with E-state index in [9.17, 15) is 4.79 Å². The predicted molar refractivity (Wildman–Crippen MR) is 99.0 cm³/mol. The zero-order valence-electron chi connectivity index (χ0n) is 14.9. The molecule has 0 unspecified atom stereocenters. The van der Waals surface area contributed by atoms with Crippen LogP contribution in [-0.2, 0) is 4.79 Å². The van der Waals surface area contributed by atoms with Crippen molar-refractivity contribution in [3.63, 3.8) is 0 Å². The Morgan fingerprint density at radius 1 is 1.23 bits per heavy atom. The van der Waals surface area contributed by atoms with Crippen LogP contribution in [0.4, 0.5) is 5.95 Å². The number of ether oxygens (including phenoxy) is 2. The van der Waals surface area contributed by atoms with Crippen molar-refractivity contribution in [1.29, 1.82) is 0 Å². The Morgan fingerprint density at radius 2 is 2.04 bits per heavy atom. The molecule has 1 aliphatic carbocycles. The molecule has 0 saturated heterocycles. The molecular weight excluding hydrogens is 352 g/mol. The third-order valence-electron chi connectivity index (χ3n) is 4.75. The molecule has 1 aromatic heterocycles. The standard InChI is InChI=1S/C18H20N4O3S/c1-24-13-8-7-10(9-14(13)25-2)16-15-11(5-4-6-12(15)23)19-17-20-18(26-3)21-22(16)17/h7-9,16H,4-6H2,1-3H3,(H,19,20,21)/t16-/m1/s1. The van der Waals surface area contributed by atoms with Crippen LogP contribution in [0.3, 0.4) is 0 Å². The van der Waals surface area contributed by atoms with Crippen molar-refractivity contribution < 1.29 is 14.3 Å². The minimum absolute atomic E-state index is 0.158. The molecule has 0 radical (unpaired) electrons. The number of fused-ring (bicyclic) bond motifs is 1. The number of rotatable bonds is 4. The molecule has 2 aliphatic rings. The lowest BCUT2D eigenvalue weighted by Crippen LogP contribution is -2.31. The molecule has 4 rings (SSSR count). The number of anilines is 1. The van der Waals surface area contributed by atoms with Gasteiger partial charge in [-0.05, 0) is 36.8 Å². The molecule has 1 aliphatic heterocycles. The molecule has 26 heavy (non-hydrogen) atoms. The molecule has 2 heterocycles. The largest absolute Gasteiger partial charge is 0.493 e. The fourth-order valence-corrected chi connectivity index (χ4v) is 3.90. The molecule has 0 fully saturated rings. The van der Waals surface area contributed by atoms with Crippen LogP contribution in [0.5, 0.6) is 11.5 Å². The Balaban J connectivity index is 1.90. The molecule has 0 bridgehead atoms. The third kappa shape index (κ3) is 2.65. The highest BCUT2D eigenvalue weighted by Crippen LogP contribution is 2.42.